The quantitative estimate of drug-likeness (QED) is 0.173. The molecule has 0 bridgehead atoms. The first-order valence-electron chi connectivity index (χ1n) is 19.5. The normalized spacial score (nSPS) is 11.9. The first kappa shape index (κ1) is 31.7. The maximum atomic E-state index is 6.25. The van der Waals surface area contributed by atoms with Crippen LogP contribution in [0.15, 0.2) is 211 Å². The van der Waals surface area contributed by atoms with Gasteiger partial charge in [-0.15, -0.1) is 0 Å². The molecule has 57 heavy (non-hydrogen) atoms. The summed E-state index contributed by atoms with van der Waals surface area (Å²) in [6, 6.07) is 74.5. The third-order valence-electron chi connectivity index (χ3n) is 11.7. The summed E-state index contributed by atoms with van der Waals surface area (Å²) in [7, 11) is 0. The molecule has 0 aliphatic carbocycles. The molecule has 3 heteroatoms. The second kappa shape index (κ2) is 12.5. The molecular weight excluding hydrogens is 693 g/mol. The highest BCUT2D eigenvalue weighted by atomic mass is 16.3. The van der Waals surface area contributed by atoms with Crippen LogP contribution in [0.25, 0.3) is 110 Å². The van der Waals surface area contributed by atoms with Crippen molar-refractivity contribution in [2.75, 3.05) is 0 Å². The van der Waals surface area contributed by atoms with Gasteiger partial charge in [-0.2, -0.15) is 0 Å². The van der Waals surface area contributed by atoms with Crippen LogP contribution in [0.1, 0.15) is 0 Å². The highest BCUT2D eigenvalue weighted by molar-refractivity contribution is 6.17. The van der Waals surface area contributed by atoms with Crippen molar-refractivity contribution in [3.8, 4) is 44.8 Å². The van der Waals surface area contributed by atoms with Crippen molar-refractivity contribution in [3.63, 3.8) is 0 Å². The second-order valence-electron chi connectivity index (χ2n) is 14.9. The number of fused-ring (bicyclic) bond motifs is 9. The molecule has 266 valence electrons. The van der Waals surface area contributed by atoms with Crippen molar-refractivity contribution < 1.29 is 4.42 Å². The molecule has 12 rings (SSSR count). The number of nitrogens with zero attached hydrogens (tertiary/aromatic N) is 2. The molecule has 0 radical (unpaired) electrons. The molecule has 0 amide bonds. The molecule has 0 fully saturated rings. The van der Waals surface area contributed by atoms with E-state index in [0.717, 1.165) is 33.3 Å². The van der Waals surface area contributed by atoms with Gasteiger partial charge in [0.2, 0.25) is 0 Å². The number of hydrogen-bond acceptors (Lipinski definition) is 1. The highest BCUT2D eigenvalue weighted by Crippen LogP contribution is 2.42. The van der Waals surface area contributed by atoms with Gasteiger partial charge in [0.25, 0.3) is 0 Å². The van der Waals surface area contributed by atoms with Crippen molar-refractivity contribution in [1.82, 2.24) is 9.13 Å². The zero-order valence-corrected chi connectivity index (χ0v) is 30.9. The van der Waals surface area contributed by atoms with Crippen LogP contribution < -0.4 is 0 Å². The zero-order chi connectivity index (χ0) is 37.5. The molecule has 0 spiro atoms. The number of rotatable bonds is 5. The Labute approximate surface area is 328 Å². The van der Waals surface area contributed by atoms with Gasteiger partial charge >= 0.3 is 0 Å². The van der Waals surface area contributed by atoms with Crippen LogP contribution in [-0.2, 0) is 0 Å². The molecule has 0 saturated carbocycles. The fourth-order valence-corrected chi connectivity index (χ4v) is 9.24. The van der Waals surface area contributed by atoms with Crippen molar-refractivity contribution in [3.05, 3.63) is 206 Å². The topological polar surface area (TPSA) is 23.0 Å². The fourth-order valence-electron chi connectivity index (χ4n) is 9.24. The van der Waals surface area contributed by atoms with Gasteiger partial charge in [-0.05, 0) is 100 Å². The lowest BCUT2D eigenvalue weighted by Crippen LogP contribution is -1.95. The van der Waals surface area contributed by atoms with Crippen LogP contribution in [-0.4, -0.2) is 9.13 Å². The minimum Gasteiger partial charge on any atom is -0.456 e. The predicted octanol–water partition coefficient (Wildman–Crippen LogP) is 14.8. The number of furan rings is 1. The molecule has 0 aliphatic heterocycles. The molecule has 0 aliphatic rings. The minimum atomic E-state index is 0.907. The molecule has 3 nitrogen and oxygen atoms in total. The standard InChI is InChI=1S/C54H34N2O/c1-2-17-39(18-3-1)55-48-26-8-5-21-45(48)53-41(23-12-27-49(53)55)38-30-31-44-43-20-4-7-25-47(43)56(50(44)34-38)40-19-11-15-36(33-40)35-14-10-16-37(32-35)42-24-13-29-52-54(42)46-22-6-9-28-51(46)57-52/h1-34H. The number of aromatic nitrogens is 2. The van der Waals surface area contributed by atoms with E-state index in [4.69, 9.17) is 4.42 Å². The molecule has 9 aromatic carbocycles. The van der Waals surface area contributed by atoms with E-state index in [1.54, 1.807) is 0 Å². The molecule has 12 aromatic rings. The smallest absolute Gasteiger partial charge is 0.136 e. The largest absolute Gasteiger partial charge is 0.456 e. The molecule has 0 unspecified atom stereocenters. The Kier molecular flexibility index (Phi) is 6.93. The maximum absolute atomic E-state index is 6.25. The summed E-state index contributed by atoms with van der Waals surface area (Å²) in [4.78, 5) is 0. The summed E-state index contributed by atoms with van der Waals surface area (Å²) in [5.41, 5.74) is 16.0. The summed E-state index contributed by atoms with van der Waals surface area (Å²) < 4.78 is 11.1. The second-order valence-corrected chi connectivity index (χ2v) is 14.9. The van der Waals surface area contributed by atoms with Crippen molar-refractivity contribution in [2.45, 2.75) is 0 Å². The molecular formula is C54H34N2O. The van der Waals surface area contributed by atoms with Crippen LogP contribution in [0.3, 0.4) is 0 Å². The van der Waals surface area contributed by atoms with E-state index in [1.165, 1.54) is 77.0 Å². The Balaban J connectivity index is 1.03. The monoisotopic (exact) mass is 726 g/mol. The molecule has 3 heterocycles. The van der Waals surface area contributed by atoms with Crippen molar-refractivity contribution in [2.24, 2.45) is 0 Å². The van der Waals surface area contributed by atoms with Gasteiger partial charge in [0.1, 0.15) is 11.2 Å². The average molecular weight is 727 g/mol. The molecule has 0 atom stereocenters. The van der Waals surface area contributed by atoms with E-state index in [9.17, 15) is 0 Å². The lowest BCUT2D eigenvalue weighted by atomic mass is 9.96. The van der Waals surface area contributed by atoms with Gasteiger partial charge in [-0.3, -0.25) is 0 Å². The number of benzene rings is 9. The van der Waals surface area contributed by atoms with Crippen LogP contribution in [0.5, 0.6) is 0 Å². The Bertz CT molecular complexity index is 3530. The number of para-hydroxylation sites is 4. The van der Waals surface area contributed by atoms with Crippen LogP contribution in [0.4, 0.5) is 0 Å². The lowest BCUT2D eigenvalue weighted by molar-refractivity contribution is 0.669. The van der Waals surface area contributed by atoms with Gasteiger partial charge in [0.15, 0.2) is 0 Å². The van der Waals surface area contributed by atoms with Gasteiger partial charge in [-0.1, -0.05) is 140 Å². The lowest BCUT2D eigenvalue weighted by Gasteiger charge is -2.13. The predicted molar refractivity (Wildman–Crippen MR) is 239 cm³/mol. The van der Waals surface area contributed by atoms with Gasteiger partial charge in [0.05, 0.1) is 22.1 Å². The van der Waals surface area contributed by atoms with E-state index >= 15 is 0 Å². The van der Waals surface area contributed by atoms with Crippen molar-refractivity contribution >= 4 is 65.6 Å². The van der Waals surface area contributed by atoms with Gasteiger partial charge < -0.3 is 13.6 Å². The first-order valence-corrected chi connectivity index (χ1v) is 19.5. The summed E-state index contributed by atoms with van der Waals surface area (Å²) >= 11 is 0. The first-order chi connectivity index (χ1) is 28.3. The average Bonchev–Trinajstić information content (AvgIpc) is 3.94. The number of hydrogen-bond donors (Lipinski definition) is 0. The highest BCUT2D eigenvalue weighted by Gasteiger charge is 2.19. The van der Waals surface area contributed by atoms with Gasteiger partial charge in [0, 0.05) is 43.7 Å². The summed E-state index contributed by atoms with van der Waals surface area (Å²) in [6.45, 7) is 0. The molecule has 0 N–H and O–H groups in total. The molecule has 3 aromatic heterocycles. The van der Waals surface area contributed by atoms with Crippen LogP contribution in [0, 0.1) is 0 Å². The fraction of sp³-hybridized carbons (Fsp3) is 0. The molecule has 0 saturated heterocycles. The summed E-state index contributed by atoms with van der Waals surface area (Å²) in [5.74, 6) is 0. The summed E-state index contributed by atoms with van der Waals surface area (Å²) in [5, 5.41) is 7.28. The Morgan fingerprint density at radius 2 is 0.825 bits per heavy atom. The maximum Gasteiger partial charge on any atom is 0.136 e. The van der Waals surface area contributed by atoms with Crippen LogP contribution >= 0.6 is 0 Å². The van der Waals surface area contributed by atoms with Gasteiger partial charge in [-0.25, -0.2) is 0 Å². The Morgan fingerprint density at radius 1 is 0.281 bits per heavy atom. The Hall–Kier alpha value is -7.62. The van der Waals surface area contributed by atoms with E-state index in [1.807, 2.05) is 12.1 Å². The van der Waals surface area contributed by atoms with E-state index in [2.05, 4.69) is 203 Å². The third kappa shape index (κ3) is 4.86. The van der Waals surface area contributed by atoms with Crippen molar-refractivity contribution in [1.29, 1.82) is 0 Å². The van der Waals surface area contributed by atoms with Crippen LogP contribution in [0.2, 0.25) is 0 Å². The zero-order valence-electron chi connectivity index (χ0n) is 30.9. The third-order valence-corrected chi connectivity index (χ3v) is 11.7. The SMILES string of the molecule is c1ccc(-n2c3ccccc3c3c(-c4ccc5c6ccccc6n(-c6cccc(-c7cccc(-c8cccc9oc%10ccccc%10c89)c7)c6)c5c4)cccc32)cc1. The van der Waals surface area contributed by atoms with E-state index < -0.39 is 0 Å². The van der Waals surface area contributed by atoms with E-state index in [-0.39, 0.29) is 0 Å². The van der Waals surface area contributed by atoms with E-state index in [0.29, 0.717) is 0 Å². The summed E-state index contributed by atoms with van der Waals surface area (Å²) in [6.07, 6.45) is 0. The minimum absolute atomic E-state index is 0.907. The Morgan fingerprint density at radius 3 is 1.68 bits per heavy atom.